The first-order valence-corrected chi connectivity index (χ1v) is 6.06. The van der Waals surface area contributed by atoms with Crippen LogP contribution in [0.15, 0.2) is 22.6 Å². The summed E-state index contributed by atoms with van der Waals surface area (Å²) in [5.74, 6) is -1.14. The molecule has 3 rings (SSSR count). The smallest absolute Gasteiger partial charge is 0.372 e. The van der Waals surface area contributed by atoms with Crippen LogP contribution in [-0.2, 0) is 4.79 Å². The van der Waals surface area contributed by atoms with Crippen molar-refractivity contribution in [2.75, 3.05) is 5.32 Å². The second-order valence-corrected chi connectivity index (χ2v) is 4.94. The standard InChI is InChI=1S/C14H13NO4/c1-8-11-9(15-14(7-16)5-6-14)3-2-4-10(11)19-12(8)13(17)18/h2-4,7,15H,5-6H2,1H3,(H,17,18). The van der Waals surface area contributed by atoms with Crippen LogP contribution in [0.2, 0.25) is 0 Å². The van der Waals surface area contributed by atoms with Gasteiger partial charge in [-0.1, -0.05) is 6.07 Å². The molecule has 0 unspecified atom stereocenters. The number of aromatic carboxylic acids is 1. The Morgan fingerprint density at radius 2 is 2.21 bits per heavy atom. The summed E-state index contributed by atoms with van der Waals surface area (Å²) in [6, 6.07) is 5.33. The van der Waals surface area contributed by atoms with Gasteiger partial charge in [0.1, 0.15) is 11.9 Å². The first-order chi connectivity index (χ1) is 9.06. The lowest BCUT2D eigenvalue weighted by atomic mass is 10.1. The molecule has 1 saturated carbocycles. The zero-order valence-electron chi connectivity index (χ0n) is 10.4. The maximum Gasteiger partial charge on any atom is 0.372 e. The van der Waals surface area contributed by atoms with Crippen LogP contribution >= 0.6 is 0 Å². The highest BCUT2D eigenvalue weighted by molar-refractivity contribution is 6.01. The Morgan fingerprint density at radius 1 is 1.47 bits per heavy atom. The fraction of sp³-hybridized carbons (Fsp3) is 0.286. The third-order valence-electron chi connectivity index (χ3n) is 3.55. The van der Waals surface area contributed by atoms with Crippen LogP contribution in [0, 0.1) is 6.92 Å². The number of fused-ring (bicyclic) bond motifs is 1. The number of carboxylic acid groups (broad SMARTS) is 1. The molecule has 1 fully saturated rings. The molecule has 0 spiro atoms. The summed E-state index contributed by atoms with van der Waals surface area (Å²) in [6.07, 6.45) is 2.52. The topological polar surface area (TPSA) is 79.5 Å². The molecule has 1 heterocycles. The zero-order valence-corrected chi connectivity index (χ0v) is 10.4. The number of hydrogen-bond donors (Lipinski definition) is 2. The summed E-state index contributed by atoms with van der Waals surface area (Å²) in [6.45, 7) is 1.71. The summed E-state index contributed by atoms with van der Waals surface area (Å²) in [4.78, 5) is 22.1. The first kappa shape index (κ1) is 11.8. The van der Waals surface area contributed by atoms with Crippen molar-refractivity contribution in [1.29, 1.82) is 0 Å². The predicted octanol–water partition coefficient (Wildman–Crippen LogP) is 2.58. The Bertz CT molecular complexity index is 682. The number of hydrogen-bond acceptors (Lipinski definition) is 4. The van der Waals surface area contributed by atoms with Crippen LogP contribution in [0.25, 0.3) is 11.0 Å². The summed E-state index contributed by atoms with van der Waals surface area (Å²) in [5, 5.41) is 13.0. The number of carboxylic acids is 1. The van der Waals surface area contributed by atoms with Crippen molar-refractivity contribution in [3.8, 4) is 0 Å². The van der Waals surface area contributed by atoms with Crippen molar-refractivity contribution < 1.29 is 19.1 Å². The van der Waals surface area contributed by atoms with E-state index >= 15 is 0 Å². The molecule has 0 atom stereocenters. The van der Waals surface area contributed by atoms with Gasteiger partial charge in [-0.2, -0.15) is 0 Å². The average Bonchev–Trinajstić information content (AvgIpc) is 3.07. The van der Waals surface area contributed by atoms with Crippen LogP contribution in [0.5, 0.6) is 0 Å². The Balaban J connectivity index is 2.14. The maximum absolute atomic E-state index is 11.1. The van der Waals surface area contributed by atoms with Crippen molar-refractivity contribution in [2.24, 2.45) is 0 Å². The van der Waals surface area contributed by atoms with E-state index in [2.05, 4.69) is 5.32 Å². The molecule has 0 saturated heterocycles. The fourth-order valence-electron chi connectivity index (χ4n) is 2.29. The van der Waals surface area contributed by atoms with Crippen molar-refractivity contribution in [3.63, 3.8) is 0 Å². The molecule has 98 valence electrons. The molecular formula is C14H13NO4. The molecule has 1 aliphatic carbocycles. The highest BCUT2D eigenvalue weighted by atomic mass is 16.4. The van der Waals surface area contributed by atoms with E-state index in [4.69, 9.17) is 9.52 Å². The number of nitrogens with one attached hydrogen (secondary N) is 1. The minimum atomic E-state index is -1.09. The molecule has 0 bridgehead atoms. The number of anilines is 1. The fourth-order valence-corrected chi connectivity index (χ4v) is 2.29. The summed E-state index contributed by atoms with van der Waals surface area (Å²) in [7, 11) is 0. The third-order valence-corrected chi connectivity index (χ3v) is 3.55. The van der Waals surface area contributed by atoms with Gasteiger partial charge < -0.3 is 19.6 Å². The van der Waals surface area contributed by atoms with E-state index in [0.717, 1.165) is 30.2 Å². The second-order valence-electron chi connectivity index (χ2n) is 4.94. The van der Waals surface area contributed by atoms with Crippen LogP contribution < -0.4 is 5.32 Å². The van der Waals surface area contributed by atoms with Gasteiger partial charge >= 0.3 is 5.97 Å². The molecule has 1 aromatic carbocycles. The molecular weight excluding hydrogens is 246 g/mol. The molecule has 0 amide bonds. The van der Waals surface area contributed by atoms with Crippen molar-refractivity contribution in [2.45, 2.75) is 25.3 Å². The largest absolute Gasteiger partial charge is 0.475 e. The molecule has 1 aromatic heterocycles. The highest BCUT2D eigenvalue weighted by Gasteiger charge is 2.43. The van der Waals surface area contributed by atoms with Gasteiger partial charge in [0.15, 0.2) is 0 Å². The van der Waals surface area contributed by atoms with Crippen molar-refractivity contribution in [3.05, 3.63) is 29.5 Å². The van der Waals surface area contributed by atoms with Gasteiger partial charge in [0.05, 0.1) is 5.54 Å². The number of furan rings is 1. The minimum Gasteiger partial charge on any atom is -0.475 e. The van der Waals surface area contributed by atoms with Crippen molar-refractivity contribution >= 4 is 28.9 Å². The second kappa shape index (κ2) is 3.85. The van der Waals surface area contributed by atoms with E-state index in [0.29, 0.717) is 11.1 Å². The van der Waals surface area contributed by atoms with Gasteiger partial charge in [-0.05, 0) is 31.9 Å². The monoisotopic (exact) mass is 259 g/mol. The predicted molar refractivity (Wildman–Crippen MR) is 69.6 cm³/mol. The summed E-state index contributed by atoms with van der Waals surface area (Å²) >= 11 is 0. The number of aryl methyl sites for hydroxylation is 1. The Hall–Kier alpha value is -2.30. The molecule has 0 radical (unpaired) electrons. The van der Waals surface area contributed by atoms with E-state index in [9.17, 15) is 9.59 Å². The average molecular weight is 259 g/mol. The molecule has 0 aliphatic heterocycles. The maximum atomic E-state index is 11.1. The van der Waals surface area contributed by atoms with Crippen molar-refractivity contribution in [1.82, 2.24) is 0 Å². The Labute approximate surface area is 109 Å². The number of carbonyl (C=O) groups is 2. The lowest BCUT2D eigenvalue weighted by molar-refractivity contribution is -0.109. The summed E-state index contributed by atoms with van der Waals surface area (Å²) < 4.78 is 5.34. The number of aldehydes is 1. The van der Waals surface area contributed by atoms with Crippen LogP contribution in [0.3, 0.4) is 0 Å². The van der Waals surface area contributed by atoms with E-state index in [1.807, 2.05) is 6.07 Å². The normalized spacial score (nSPS) is 16.3. The quantitative estimate of drug-likeness (QED) is 0.825. The lowest BCUT2D eigenvalue weighted by Crippen LogP contribution is -2.22. The molecule has 5 heteroatoms. The highest BCUT2D eigenvalue weighted by Crippen LogP contribution is 2.40. The number of rotatable bonds is 4. The van der Waals surface area contributed by atoms with Gasteiger partial charge in [0.2, 0.25) is 5.76 Å². The Kier molecular flexibility index (Phi) is 2.38. The number of benzene rings is 1. The minimum absolute atomic E-state index is 0.0554. The Morgan fingerprint density at radius 3 is 2.79 bits per heavy atom. The molecule has 5 nitrogen and oxygen atoms in total. The molecule has 2 aromatic rings. The lowest BCUT2D eigenvalue weighted by Gasteiger charge is -2.13. The molecule has 1 aliphatic rings. The van der Waals surface area contributed by atoms with Gasteiger partial charge in [0, 0.05) is 16.6 Å². The molecule has 2 N–H and O–H groups in total. The third kappa shape index (κ3) is 1.78. The summed E-state index contributed by atoms with van der Waals surface area (Å²) in [5.41, 5.74) is 1.35. The van der Waals surface area contributed by atoms with Gasteiger partial charge in [0.25, 0.3) is 0 Å². The van der Waals surface area contributed by atoms with Crippen LogP contribution in [0.1, 0.15) is 29.0 Å². The van der Waals surface area contributed by atoms with E-state index in [1.165, 1.54) is 0 Å². The van der Waals surface area contributed by atoms with E-state index < -0.39 is 11.5 Å². The van der Waals surface area contributed by atoms with Crippen LogP contribution in [-0.4, -0.2) is 22.9 Å². The SMILES string of the molecule is Cc1c(C(=O)O)oc2cccc(NC3(C=O)CC3)c12. The van der Waals surface area contributed by atoms with Gasteiger partial charge in [-0.25, -0.2) is 4.79 Å². The van der Waals surface area contributed by atoms with E-state index in [-0.39, 0.29) is 5.76 Å². The van der Waals surface area contributed by atoms with Crippen LogP contribution in [0.4, 0.5) is 5.69 Å². The first-order valence-electron chi connectivity index (χ1n) is 6.06. The van der Waals surface area contributed by atoms with Gasteiger partial charge in [-0.3, -0.25) is 0 Å². The van der Waals surface area contributed by atoms with E-state index in [1.54, 1.807) is 19.1 Å². The zero-order chi connectivity index (χ0) is 13.6. The molecule has 19 heavy (non-hydrogen) atoms. The van der Waals surface area contributed by atoms with Gasteiger partial charge in [-0.15, -0.1) is 0 Å². The number of carbonyl (C=O) groups excluding carboxylic acids is 1.